The van der Waals surface area contributed by atoms with Crippen LogP contribution in [0.25, 0.3) is 0 Å². The zero-order valence-electron chi connectivity index (χ0n) is 12.9. The van der Waals surface area contributed by atoms with Crippen molar-refractivity contribution in [1.29, 1.82) is 0 Å². The lowest BCUT2D eigenvalue weighted by atomic mass is 10.2. The van der Waals surface area contributed by atoms with E-state index in [0.717, 1.165) is 32.0 Å². The van der Waals surface area contributed by atoms with Gasteiger partial charge in [0.15, 0.2) is 0 Å². The average molecular weight is 288 g/mol. The van der Waals surface area contributed by atoms with Gasteiger partial charge in [-0.1, -0.05) is 0 Å². The van der Waals surface area contributed by atoms with Crippen LogP contribution in [-0.2, 0) is 0 Å². The Labute approximate surface area is 126 Å². The lowest BCUT2D eigenvalue weighted by molar-refractivity contribution is 0.0935. The number of nitrogens with zero attached hydrogens (tertiary/aromatic N) is 3. The summed E-state index contributed by atoms with van der Waals surface area (Å²) in [5, 5.41) is 3.10. The van der Waals surface area contributed by atoms with E-state index >= 15 is 0 Å². The highest BCUT2D eigenvalue weighted by atomic mass is 16.1. The standard InChI is InChI=1S/C16H24N4O/c1-12(13-3-4-13)18-16(21)14-5-6-17-15(11-14)20-9-7-19(2)8-10-20/h5-6,11-13H,3-4,7-10H2,1-2H3,(H,18,21)/t12-/m0/s1. The molecule has 0 bridgehead atoms. The Morgan fingerprint density at radius 1 is 1.33 bits per heavy atom. The molecule has 114 valence electrons. The van der Waals surface area contributed by atoms with Gasteiger partial charge in [0.2, 0.25) is 0 Å². The molecule has 0 unspecified atom stereocenters. The highest BCUT2D eigenvalue weighted by molar-refractivity contribution is 5.95. The monoisotopic (exact) mass is 288 g/mol. The molecule has 2 aliphatic rings. The van der Waals surface area contributed by atoms with Crippen molar-refractivity contribution in [3.05, 3.63) is 23.9 Å². The third kappa shape index (κ3) is 3.53. The van der Waals surface area contributed by atoms with Gasteiger partial charge < -0.3 is 15.1 Å². The highest BCUT2D eigenvalue weighted by Crippen LogP contribution is 2.32. The fourth-order valence-corrected chi connectivity index (χ4v) is 2.77. The fourth-order valence-electron chi connectivity index (χ4n) is 2.77. The Hall–Kier alpha value is -1.62. The summed E-state index contributed by atoms with van der Waals surface area (Å²) in [7, 11) is 2.13. The van der Waals surface area contributed by atoms with Crippen LogP contribution >= 0.6 is 0 Å². The number of carbonyl (C=O) groups excluding carboxylic acids is 1. The van der Waals surface area contributed by atoms with Crippen molar-refractivity contribution in [2.75, 3.05) is 38.1 Å². The van der Waals surface area contributed by atoms with Crippen LogP contribution in [0.1, 0.15) is 30.1 Å². The molecule has 1 aromatic rings. The van der Waals surface area contributed by atoms with E-state index in [1.165, 1.54) is 12.8 Å². The van der Waals surface area contributed by atoms with E-state index in [9.17, 15) is 4.79 Å². The predicted molar refractivity (Wildman–Crippen MR) is 83.6 cm³/mol. The van der Waals surface area contributed by atoms with Crippen LogP contribution in [0, 0.1) is 5.92 Å². The van der Waals surface area contributed by atoms with E-state index in [2.05, 4.69) is 34.1 Å². The van der Waals surface area contributed by atoms with Crippen molar-refractivity contribution < 1.29 is 4.79 Å². The number of rotatable bonds is 4. The van der Waals surface area contributed by atoms with Crippen LogP contribution in [0.4, 0.5) is 5.82 Å². The Kier molecular flexibility index (Phi) is 4.10. The van der Waals surface area contributed by atoms with Gasteiger partial charge in [-0.3, -0.25) is 4.79 Å². The average Bonchev–Trinajstić information content (AvgIpc) is 3.33. The van der Waals surface area contributed by atoms with Crippen LogP contribution in [0.5, 0.6) is 0 Å². The molecular formula is C16H24N4O. The summed E-state index contributed by atoms with van der Waals surface area (Å²) in [4.78, 5) is 21.3. The van der Waals surface area contributed by atoms with Crippen molar-refractivity contribution in [2.24, 2.45) is 5.92 Å². The maximum Gasteiger partial charge on any atom is 0.251 e. The minimum absolute atomic E-state index is 0.0205. The number of likely N-dealkylation sites (N-methyl/N-ethyl adjacent to an activating group) is 1. The molecule has 1 saturated heterocycles. The van der Waals surface area contributed by atoms with Crippen LogP contribution < -0.4 is 10.2 Å². The second-order valence-electron chi connectivity index (χ2n) is 6.29. The zero-order valence-corrected chi connectivity index (χ0v) is 12.9. The first-order valence-electron chi connectivity index (χ1n) is 7.84. The summed E-state index contributed by atoms with van der Waals surface area (Å²) in [6, 6.07) is 3.99. The van der Waals surface area contributed by atoms with Crippen LogP contribution in [0.3, 0.4) is 0 Å². The first kappa shape index (κ1) is 14.3. The molecular weight excluding hydrogens is 264 g/mol. The van der Waals surface area contributed by atoms with Crippen molar-refractivity contribution in [3.8, 4) is 0 Å². The molecule has 3 rings (SSSR count). The third-order valence-electron chi connectivity index (χ3n) is 4.52. The molecule has 1 atom stereocenters. The topological polar surface area (TPSA) is 48.5 Å². The fraction of sp³-hybridized carbons (Fsp3) is 0.625. The zero-order chi connectivity index (χ0) is 14.8. The summed E-state index contributed by atoms with van der Waals surface area (Å²) < 4.78 is 0. The molecule has 0 aromatic carbocycles. The van der Waals surface area contributed by atoms with Gasteiger partial charge in [-0.25, -0.2) is 4.98 Å². The van der Waals surface area contributed by atoms with Crippen LogP contribution in [0.15, 0.2) is 18.3 Å². The van der Waals surface area contributed by atoms with Gasteiger partial charge >= 0.3 is 0 Å². The van der Waals surface area contributed by atoms with E-state index in [1.807, 2.05) is 6.07 Å². The second kappa shape index (κ2) is 6.02. The van der Waals surface area contributed by atoms with E-state index in [4.69, 9.17) is 0 Å². The number of nitrogens with one attached hydrogen (secondary N) is 1. The quantitative estimate of drug-likeness (QED) is 0.909. The summed E-state index contributed by atoms with van der Waals surface area (Å²) in [6.45, 7) is 6.10. The largest absolute Gasteiger partial charge is 0.354 e. The van der Waals surface area contributed by atoms with E-state index < -0.39 is 0 Å². The molecule has 0 spiro atoms. The molecule has 1 saturated carbocycles. The van der Waals surface area contributed by atoms with Gasteiger partial charge in [-0.05, 0) is 44.9 Å². The van der Waals surface area contributed by atoms with E-state index in [-0.39, 0.29) is 11.9 Å². The Balaban J connectivity index is 1.66. The predicted octanol–water partition coefficient (Wildman–Crippen LogP) is 1.36. The van der Waals surface area contributed by atoms with Gasteiger partial charge in [-0.15, -0.1) is 0 Å². The molecule has 2 fully saturated rings. The Morgan fingerprint density at radius 3 is 2.71 bits per heavy atom. The van der Waals surface area contributed by atoms with Gasteiger partial charge in [0.25, 0.3) is 5.91 Å². The summed E-state index contributed by atoms with van der Waals surface area (Å²) in [5.74, 6) is 1.61. The third-order valence-corrected chi connectivity index (χ3v) is 4.52. The number of hydrogen-bond acceptors (Lipinski definition) is 4. The number of aromatic nitrogens is 1. The maximum atomic E-state index is 12.3. The molecule has 5 nitrogen and oxygen atoms in total. The molecule has 21 heavy (non-hydrogen) atoms. The van der Waals surface area contributed by atoms with Gasteiger partial charge in [0, 0.05) is 44.0 Å². The molecule has 1 aliphatic heterocycles. The van der Waals surface area contributed by atoms with Crippen LogP contribution in [0.2, 0.25) is 0 Å². The maximum absolute atomic E-state index is 12.3. The van der Waals surface area contributed by atoms with E-state index in [0.29, 0.717) is 11.5 Å². The summed E-state index contributed by atoms with van der Waals surface area (Å²) >= 11 is 0. The molecule has 1 aliphatic carbocycles. The Morgan fingerprint density at radius 2 is 2.05 bits per heavy atom. The number of hydrogen-bond donors (Lipinski definition) is 1. The number of piperazine rings is 1. The minimum atomic E-state index is 0.0205. The number of anilines is 1. The smallest absolute Gasteiger partial charge is 0.251 e. The van der Waals surface area contributed by atoms with Crippen LogP contribution in [-0.4, -0.2) is 55.1 Å². The van der Waals surface area contributed by atoms with Gasteiger partial charge in [-0.2, -0.15) is 0 Å². The molecule has 1 N–H and O–H groups in total. The van der Waals surface area contributed by atoms with Crippen molar-refractivity contribution in [3.63, 3.8) is 0 Å². The summed E-state index contributed by atoms with van der Waals surface area (Å²) in [5.41, 5.74) is 0.714. The Bertz CT molecular complexity index is 507. The van der Waals surface area contributed by atoms with Gasteiger partial charge in [0.05, 0.1) is 0 Å². The normalized spacial score (nSPS) is 21.1. The molecule has 5 heteroatoms. The highest BCUT2D eigenvalue weighted by Gasteiger charge is 2.29. The van der Waals surface area contributed by atoms with Gasteiger partial charge in [0.1, 0.15) is 5.82 Å². The SMILES string of the molecule is C[C@H](NC(=O)c1ccnc(N2CCN(C)CC2)c1)C1CC1. The lowest BCUT2D eigenvalue weighted by Crippen LogP contribution is -2.45. The molecule has 0 radical (unpaired) electrons. The van der Waals surface area contributed by atoms with Crippen molar-refractivity contribution in [2.45, 2.75) is 25.8 Å². The van der Waals surface area contributed by atoms with Crippen molar-refractivity contribution in [1.82, 2.24) is 15.2 Å². The number of pyridine rings is 1. The first-order chi connectivity index (χ1) is 10.1. The molecule has 1 amide bonds. The summed E-state index contributed by atoms with van der Waals surface area (Å²) in [6.07, 6.45) is 4.22. The van der Waals surface area contributed by atoms with E-state index in [1.54, 1.807) is 12.3 Å². The minimum Gasteiger partial charge on any atom is -0.354 e. The number of amides is 1. The second-order valence-corrected chi connectivity index (χ2v) is 6.29. The molecule has 2 heterocycles. The molecule has 1 aromatic heterocycles. The first-order valence-corrected chi connectivity index (χ1v) is 7.84. The van der Waals surface area contributed by atoms with Crippen molar-refractivity contribution >= 4 is 11.7 Å². The number of carbonyl (C=O) groups is 1. The lowest BCUT2D eigenvalue weighted by Gasteiger charge is -2.33.